The smallest absolute Gasteiger partial charge is 0.241 e. The second-order valence-electron chi connectivity index (χ2n) is 7.77. The van der Waals surface area contributed by atoms with Crippen molar-refractivity contribution in [3.8, 4) is 0 Å². The number of hydrogen-bond acceptors (Lipinski definition) is 3. The molecule has 1 heterocycles. The maximum atomic E-state index is 13.2. The van der Waals surface area contributed by atoms with Crippen LogP contribution in [-0.2, 0) is 21.2 Å². The van der Waals surface area contributed by atoms with Crippen molar-refractivity contribution in [1.29, 1.82) is 0 Å². The summed E-state index contributed by atoms with van der Waals surface area (Å²) in [7, 11) is -3.91. The Bertz CT molecular complexity index is 989. The van der Waals surface area contributed by atoms with Crippen LogP contribution in [0.25, 0.3) is 0 Å². The molecule has 1 amide bonds. The summed E-state index contributed by atoms with van der Waals surface area (Å²) in [5.74, 6) is 0.373. The van der Waals surface area contributed by atoms with Crippen LogP contribution in [0.4, 0.5) is 0 Å². The molecule has 162 valence electrons. The van der Waals surface area contributed by atoms with Crippen LogP contribution in [0.15, 0.2) is 53.4 Å². The summed E-state index contributed by atoms with van der Waals surface area (Å²) in [6.45, 7) is 3.45. The predicted molar refractivity (Wildman–Crippen MR) is 120 cm³/mol. The average Bonchev–Trinajstić information content (AvgIpc) is 2.72. The molecule has 1 saturated heterocycles. The quantitative estimate of drug-likeness (QED) is 0.648. The van der Waals surface area contributed by atoms with Gasteiger partial charge in [-0.1, -0.05) is 54.4 Å². The number of nitrogens with zero attached hydrogens (tertiary/aromatic N) is 1. The normalized spacial score (nSPS) is 16.4. The van der Waals surface area contributed by atoms with E-state index in [1.54, 1.807) is 23.1 Å². The molecule has 0 spiro atoms. The Hall–Kier alpha value is -1.60. The van der Waals surface area contributed by atoms with Crippen LogP contribution in [0.2, 0.25) is 10.0 Å². The summed E-state index contributed by atoms with van der Waals surface area (Å²) >= 11 is 12.2. The van der Waals surface area contributed by atoms with Crippen molar-refractivity contribution in [2.75, 3.05) is 13.1 Å². The van der Waals surface area contributed by atoms with Crippen LogP contribution in [-0.4, -0.2) is 38.4 Å². The van der Waals surface area contributed by atoms with Crippen LogP contribution in [0.1, 0.15) is 31.7 Å². The number of aryl methyl sites for hydroxylation is 1. The molecule has 2 aromatic rings. The summed E-state index contributed by atoms with van der Waals surface area (Å²) in [6, 6.07) is 12.5. The standard InChI is InChI=1S/C22H26Cl2N2O3S/c1-16-11-13-26(14-12-16)22(27)21(10-9-17-5-2-3-8-20(17)24)25-30(28,29)19-7-4-6-18(23)15-19/h2-8,15-16,21,25H,9-14H2,1H3. The summed E-state index contributed by atoms with van der Waals surface area (Å²) < 4.78 is 28.5. The van der Waals surface area contributed by atoms with Crippen LogP contribution in [0.3, 0.4) is 0 Å². The van der Waals surface area contributed by atoms with Crippen LogP contribution in [0, 0.1) is 5.92 Å². The van der Waals surface area contributed by atoms with Gasteiger partial charge in [-0.05, 0) is 61.4 Å². The molecule has 8 heteroatoms. The third kappa shape index (κ3) is 5.97. The van der Waals surface area contributed by atoms with Gasteiger partial charge in [-0.25, -0.2) is 8.42 Å². The van der Waals surface area contributed by atoms with E-state index in [0.29, 0.717) is 41.9 Å². The number of rotatable bonds is 7. The van der Waals surface area contributed by atoms with E-state index in [1.807, 2.05) is 18.2 Å². The minimum absolute atomic E-state index is 0.0396. The van der Waals surface area contributed by atoms with Crippen molar-refractivity contribution < 1.29 is 13.2 Å². The number of sulfonamides is 1. The molecule has 1 aliphatic rings. The molecule has 0 saturated carbocycles. The highest BCUT2D eigenvalue weighted by Gasteiger charge is 2.31. The maximum absolute atomic E-state index is 13.2. The Labute approximate surface area is 188 Å². The Balaban J connectivity index is 1.81. The van der Waals surface area contributed by atoms with E-state index in [2.05, 4.69) is 11.6 Å². The first-order chi connectivity index (χ1) is 14.3. The van der Waals surface area contributed by atoms with E-state index in [1.165, 1.54) is 12.1 Å². The zero-order valence-corrected chi connectivity index (χ0v) is 19.2. The predicted octanol–water partition coefficient (Wildman–Crippen LogP) is 4.53. The van der Waals surface area contributed by atoms with E-state index in [-0.39, 0.29) is 10.8 Å². The van der Waals surface area contributed by atoms with Gasteiger partial charge in [-0.3, -0.25) is 4.79 Å². The minimum atomic E-state index is -3.91. The van der Waals surface area contributed by atoms with Crippen LogP contribution >= 0.6 is 23.2 Å². The lowest BCUT2D eigenvalue weighted by Crippen LogP contribution is -2.50. The molecule has 0 aliphatic carbocycles. The third-order valence-electron chi connectivity index (χ3n) is 5.46. The van der Waals surface area contributed by atoms with Crippen molar-refractivity contribution in [3.05, 3.63) is 64.1 Å². The molecule has 1 aliphatic heterocycles. The Morgan fingerprint density at radius 3 is 2.50 bits per heavy atom. The van der Waals surface area contributed by atoms with E-state index in [0.717, 1.165) is 18.4 Å². The maximum Gasteiger partial charge on any atom is 0.241 e. The molecule has 0 aromatic heterocycles. The number of carbonyl (C=O) groups excluding carboxylic acids is 1. The van der Waals surface area contributed by atoms with Crippen molar-refractivity contribution in [2.45, 2.75) is 43.5 Å². The van der Waals surface area contributed by atoms with Gasteiger partial charge in [0.25, 0.3) is 0 Å². The summed E-state index contributed by atoms with van der Waals surface area (Å²) in [4.78, 5) is 15.0. The lowest BCUT2D eigenvalue weighted by atomic mass is 9.98. The van der Waals surface area contributed by atoms with Gasteiger partial charge in [0.1, 0.15) is 6.04 Å². The number of carbonyl (C=O) groups is 1. The highest BCUT2D eigenvalue weighted by atomic mass is 35.5. The Morgan fingerprint density at radius 1 is 1.13 bits per heavy atom. The molecule has 2 aromatic carbocycles. The van der Waals surface area contributed by atoms with Gasteiger partial charge in [-0.2, -0.15) is 4.72 Å². The third-order valence-corrected chi connectivity index (χ3v) is 7.53. The molecule has 30 heavy (non-hydrogen) atoms. The minimum Gasteiger partial charge on any atom is -0.341 e. The highest BCUT2D eigenvalue weighted by molar-refractivity contribution is 7.89. The highest BCUT2D eigenvalue weighted by Crippen LogP contribution is 2.22. The summed E-state index contributed by atoms with van der Waals surface area (Å²) in [5.41, 5.74) is 0.881. The first-order valence-corrected chi connectivity index (χ1v) is 12.3. The van der Waals surface area contributed by atoms with Gasteiger partial charge in [0, 0.05) is 23.1 Å². The van der Waals surface area contributed by atoms with Crippen LogP contribution in [0.5, 0.6) is 0 Å². The molecular formula is C22H26Cl2N2O3S. The number of benzene rings is 2. The van der Waals surface area contributed by atoms with Gasteiger partial charge in [0.05, 0.1) is 4.90 Å². The van der Waals surface area contributed by atoms with Gasteiger partial charge in [0.15, 0.2) is 0 Å². The molecule has 1 unspecified atom stereocenters. The first-order valence-electron chi connectivity index (χ1n) is 10.1. The number of halogens is 2. The number of piperidine rings is 1. The molecule has 1 fully saturated rings. The fourth-order valence-corrected chi connectivity index (χ4v) is 5.33. The number of hydrogen-bond donors (Lipinski definition) is 1. The lowest BCUT2D eigenvalue weighted by Gasteiger charge is -2.33. The monoisotopic (exact) mass is 468 g/mol. The van der Waals surface area contributed by atoms with E-state index in [9.17, 15) is 13.2 Å². The topological polar surface area (TPSA) is 66.5 Å². The molecular weight excluding hydrogens is 443 g/mol. The number of nitrogens with one attached hydrogen (secondary N) is 1. The van der Waals surface area contributed by atoms with E-state index >= 15 is 0 Å². The summed E-state index contributed by atoms with van der Waals surface area (Å²) in [6.07, 6.45) is 2.64. The van der Waals surface area contributed by atoms with Gasteiger partial charge < -0.3 is 4.90 Å². The SMILES string of the molecule is CC1CCN(C(=O)C(CCc2ccccc2Cl)NS(=O)(=O)c2cccc(Cl)c2)CC1. The molecule has 5 nitrogen and oxygen atoms in total. The zero-order chi connectivity index (χ0) is 21.7. The van der Waals surface area contributed by atoms with Gasteiger partial charge in [0.2, 0.25) is 15.9 Å². The number of amides is 1. The van der Waals surface area contributed by atoms with Crippen molar-refractivity contribution >= 4 is 39.1 Å². The fourth-order valence-electron chi connectivity index (χ4n) is 3.57. The second kappa shape index (κ2) is 10.1. The molecule has 0 radical (unpaired) electrons. The Kier molecular flexibility index (Phi) is 7.80. The van der Waals surface area contributed by atoms with Crippen molar-refractivity contribution in [1.82, 2.24) is 9.62 Å². The van der Waals surface area contributed by atoms with Crippen molar-refractivity contribution in [2.24, 2.45) is 5.92 Å². The van der Waals surface area contributed by atoms with Crippen molar-refractivity contribution in [3.63, 3.8) is 0 Å². The lowest BCUT2D eigenvalue weighted by molar-refractivity contribution is -0.134. The average molecular weight is 469 g/mol. The fraction of sp³-hybridized carbons (Fsp3) is 0.409. The molecule has 1 atom stereocenters. The summed E-state index contributed by atoms with van der Waals surface area (Å²) in [5, 5.41) is 0.926. The van der Waals surface area contributed by atoms with E-state index < -0.39 is 16.1 Å². The second-order valence-corrected chi connectivity index (χ2v) is 10.3. The molecule has 3 rings (SSSR count). The van der Waals surface area contributed by atoms with Gasteiger partial charge in [-0.15, -0.1) is 0 Å². The molecule has 0 bridgehead atoms. The zero-order valence-electron chi connectivity index (χ0n) is 16.9. The van der Waals surface area contributed by atoms with E-state index in [4.69, 9.17) is 23.2 Å². The first kappa shape index (κ1) is 23.1. The van der Waals surface area contributed by atoms with Crippen LogP contribution < -0.4 is 4.72 Å². The number of likely N-dealkylation sites (tertiary alicyclic amines) is 1. The Morgan fingerprint density at radius 2 is 1.83 bits per heavy atom. The van der Waals surface area contributed by atoms with Gasteiger partial charge >= 0.3 is 0 Å². The largest absolute Gasteiger partial charge is 0.341 e. The molecule has 1 N–H and O–H groups in total.